The molecule has 1 aliphatic rings. The zero-order valence-corrected chi connectivity index (χ0v) is 26.0. The van der Waals surface area contributed by atoms with E-state index in [4.69, 9.17) is 29.7 Å². The largest absolute Gasteiger partial charge is 0.497 e. The van der Waals surface area contributed by atoms with E-state index in [1.165, 1.54) is 23.0 Å². The molecule has 4 aromatic rings. The summed E-state index contributed by atoms with van der Waals surface area (Å²) < 4.78 is 24.2. The Balaban J connectivity index is 1.66. The van der Waals surface area contributed by atoms with E-state index in [1.807, 2.05) is 25.1 Å². The first-order chi connectivity index (χ1) is 21.7. The lowest BCUT2D eigenvalue weighted by atomic mass is 9.94. The number of nitrogens with one attached hydrogen (secondary N) is 1. The topological polar surface area (TPSA) is 143 Å². The lowest BCUT2D eigenvalue weighted by molar-refractivity contribution is -0.120. The summed E-state index contributed by atoms with van der Waals surface area (Å²) in [6.07, 6.45) is 1.72. The highest BCUT2D eigenvalue weighted by Crippen LogP contribution is 2.37. The van der Waals surface area contributed by atoms with Gasteiger partial charge in [0.2, 0.25) is 0 Å². The van der Waals surface area contributed by atoms with E-state index < -0.39 is 17.9 Å². The number of rotatable bonds is 11. The fourth-order valence-electron chi connectivity index (χ4n) is 4.97. The maximum atomic E-state index is 14.2. The molecular formula is C33H32N4O7S. The number of aromatic nitrogens is 1. The van der Waals surface area contributed by atoms with Crippen LogP contribution in [-0.2, 0) is 9.59 Å². The van der Waals surface area contributed by atoms with Gasteiger partial charge in [0, 0.05) is 17.3 Å². The second-order valence-corrected chi connectivity index (χ2v) is 10.9. The van der Waals surface area contributed by atoms with Gasteiger partial charge in [-0.05, 0) is 61.9 Å². The van der Waals surface area contributed by atoms with Crippen LogP contribution in [0.25, 0.3) is 6.08 Å². The Labute approximate surface area is 262 Å². The number of para-hydroxylation sites is 1. The number of anilines is 1. The predicted octanol–water partition coefficient (Wildman–Crippen LogP) is 3.15. The van der Waals surface area contributed by atoms with Gasteiger partial charge in [0.05, 0.1) is 36.6 Å². The lowest BCUT2D eigenvalue weighted by Gasteiger charge is -2.26. The molecule has 1 atom stereocenters. The van der Waals surface area contributed by atoms with Crippen molar-refractivity contribution in [1.29, 1.82) is 0 Å². The molecule has 0 saturated carbocycles. The van der Waals surface area contributed by atoms with Gasteiger partial charge in [-0.15, -0.1) is 0 Å². The van der Waals surface area contributed by atoms with Gasteiger partial charge < -0.3 is 30.0 Å². The Morgan fingerprint density at radius 2 is 1.78 bits per heavy atom. The normalized spacial score (nSPS) is 14.3. The maximum absolute atomic E-state index is 14.2. The molecule has 5 rings (SSSR count). The molecule has 1 aromatic heterocycles. The third-order valence-corrected chi connectivity index (χ3v) is 7.95. The number of thiazole rings is 1. The fourth-order valence-corrected chi connectivity index (χ4v) is 6.02. The number of allylic oxidation sites excluding steroid dienone is 1. The minimum atomic E-state index is -0.850. The smallest absolute Gasteiger partial charge is 0.271 e. The molecule has 1 aliphatic heterocycles. The second-order valence-electron chi connectivity index (χ2n) is 9.90. The van der Waals surface area contributed by atoms with E-state index >= 15 is 0 Å². The van der Waals surface area contributed by atoms with Gasteiger partial charge in [-0.1, -0.05) is 35.6 Å². The first-order valence-electron chi connectivity index (χ1n) is 14.0. The molecule has 3 N–H and O–H groups in total. The lowest BCUT2D eigenvalue weighted by Crippen LogP contribution is -2.40. The van der Waals surface area contributed by atoms with Gasteiger partial charge in [0.1, 0.15) is 17.5 Å². The first-order valence-corrected chi connectivity index (χ1v) is 14.8. The highest BCUT2D eigenvalue weighted by Gasteiger charge is 2.34. The third-order valence-electron chi connectivity index (χ3n) is 6.97. The number of nitrogens with zero attached hydrogens (tertiary/aromatic N) is 2. The number of ether oxygens (including phenoxy) is 4. The average Bonchev–Trinajstić information content (AvgIpc) is 3.33. The minimum Gasteiger partial charge on any atom is -0.497 e. The molecule has 2 amide bonds. The van der Waals surface area contributed by atoms with E-state index in [1.54, 1.807) is 68.6 Å². The molecule has 12 heteroatoms. The summed E-state index contributed by atoms with van der Waals surface area (Å²) in [7, 11) is 3.07. The number of methoxy groups -OCH3 is 2. The number of carbonyl (C=O) groups excluding carboxylic acids is 2. The van der Waals surface area contributed by atoms with Gasteiger partial charge >= 0.3 is 0 Å². The number of benzene rings is 3. The summed E-state index contributed by atoms with van der Waals surface area (Å²) in [6.45, 7) is 3.63. The van der Waals surface area contributed by atoms with Crippen LogP contribution in [0.15, 0.2) is 87.8 Å². The van der Waals surface area contributed by atoms with Crippen LogP contribution in [0.3, 0.4) is 0 Å². The van der Waals surface area contributed by atoms with Crippen LogP contribution in [0.2, 0.25) is 0 Å². The van der Waals surface area contributed by atoms with Crippen LogP contribution in [0.4, 0.5) is 5.69 Å². The zero-order valence-electron chi connectivity index (χ0n) is 25.2. The van der Waals surface area contributed by atoms with Crippen molar-refractivity contribution in [3.05, 3.63) is 109 Å². The van der Waals surface area contributed by atoms with Crippen LogP contribution in [-0.4, -0.2) is 43.8 Å². The number of nitrogens with two attached hydrogens (primary N) is 1. The molecule has 232 valence electrons. The Morgan fingerprint density at radius 1 is 1.00 bits per heavy atom. The Bertz CT molecular complexity index is 1960. The molecule has 0 saturated heterocycles. The number of hydrogen-bond donors (Lipinski definition) is 2. The number of primary amides is 1. The van der Waals surface area contributed by atoms with Crippen molar-refractivity contribution in [2.24, 2.45) is 10.7 Å². The Kier molecular flexibility index (Phi) is 9.33. The number of fused-ring (bicyclic) bond motifs is 1. The fraction of sp³-hybridized carbons (Fsp3) is 0.212. The van der Waals surface area contributed by atoms with Gasteiger partial charge in [-0.2, -0.15) is 0 Å². The molecule has 0 unspecified atom stereocenters. The zero-order chi connectivity index (χ0) is 32.1. The second kappa shape index (κ2) is 13.5. The van der Waals surface area contributed by atoms with Gasteiger partial charge in [0.25, 0.3) is 17.4 Å². The van der Waals surface area contributed by atoms with Gasteiger partial charge in [0.15, 0.2) is 22.9 Å². The molecule has 3 aromatic carbocycles. The van der Waals surface area contributed by atoms with E-state index in [0.29, 0.717) is 67.0 Å². The number of amides is 2. The SMILES string of the molecule is CCOc1cc(/C=c2\sc3n(c2=O)[C@@H](c2ccc(OC)cc2OC)C(C(=O)Nc2ccccc2)=C(C)N=3)ccc1OCC(N)=O. The monoisotopic (exact) mass is 628 g/mol. The average molecular weight is 629 g/mol. The van der Waals surface area contributed by atoms with E-state index in [-0.39, 0.29) is 12.2 Å². The highest BCUT2D eigenvalue weighted by atomic mass is 32.1. The Hall–Kier alpha value is -5.36. The van der Waals surface area contributed by atoms with Crippen LogP contribution in [0, 0.1) is 0 Å². The molecule has 0 fully saturated rings. The summed E-state index contributed by atoms with van der Waals surface area (Å²) in [5, 5.41) is 2.94. The van der Waals surface area contributed by atoms with E-state index in [2.05, 4.69) is 5.32 Å². The third kappa shape index (κ3) is 6.60. The quantitative estimate of drug-likeness (QED) is 0.260. The molecule has 2 heterocycles. The van der Waals surface area contributed by atoms with Crippen LogP contribution >= 0.6 is 11.3 Å². The van der Waals surface area contributed by atoms with Gasteiger partial charge in [-0.3, -0.25) is 19.0 Å². The van der Waals surface area contributed by atoms with Crippen molar-refractivity contribution >= 4 is 34.9 Å². The van der Waals surface area contributed by atoms with Gasteiger partial charge in [-0.25, -0.2) is 4.99 Å². The molecule has 0 bridgehead atoms. The summed E-state index contributed by atoms with van der Waals surface area (Å²) in [5.74, 6) is 0.751. The van der Waals surface area contributed by atoms with Crippen molar-refractivity contribution in [3.63, 3.8) is 0 Å². The molecule has 0 aliphatic carbocycles. The highest BCUT2D eigenvalue weighted by molar-refractivity contribution is 7.07. The molecule has 45 heavy (non-hydrogen) atoms. The minimum absolute atomic E-state index is 0.299. The molecule has 11 nitrogen and oxygen atoms in total. The number of carbonyl (C=O) groups is 2. The summed E-state index contributed by atoms with van der Waals surface area (Å²) in [6, 6.07) is 18.6. The standard InChI is InChI=1S/C33H32N4O7S/c1-5-43-26-15-20(11-14-24(26)44-18-28(34)38)16-27-32(40)37-30(23-13-12-22(41-3)17-25(23)42-4)29(19(2)35-33(37)45-27)31(39)36-21-9-7-6-8-10-21/h6-17,30H,5,18H2,1-4H3,(H2,34,38)(H,36,39)/b27-16-/t30-/m0/s1. The predicted molar refractivity (Wildman–Crippen MR) is 171 cm³/mol. The molecule has 0 radical (unpaired) electrons. The van der Waals surface area contributed by atoms with Crippen molar-refractivity contribution in [1.82, 2.24) is 4.57 Å². The molecule has 0 spiro atoms. The van der Waals surface area contributed by atoms with Crippen molar-refractivity contribution < 1.29 is 28.5 Å². The van der Waals surface area contributed by atoms with E-state index in [0.717, 1.165) is 0 Å². The Morgan fingerprint density at radius 3 is 2.47 bits per heavy atom. The van der Waals surface area contributed by atoms with Crippen LogP contribution in [0.1, 0.15) is 31.0 Å². The molecular weight excluding hydrogens is 596 g/mol. The number of hydrogen-bond acceptors (Lipinski definition) is 9. The van der Waals surface area contributed by atoms with Crippen LogP contribution in [0.5, 0.6) is 23.0 Å². The van der Waals surface area contributed by atoms with Crippen molar-refractivity contribution in [2.75, 3.05) is 32.8 Å². The van der Waals surface area contributed by atoms with Crippen molar-refractivity contribution in [3.8, 4) is 23.0 Å². The van der Waals surface area contributed by atoms with Crippen molar-refractivity contribution in [2.45, 2.75) is 19.9 Å². The summed E-state index contributed by atoms with van der Waals surface area (Å²) in [5.41, 5.74) is 7.51. The summed E-state index contributed by atoms with van der Waals surface area (Å²) in [4.78, 5) is 44.4. The first kappa shape index (κ1) is 31.1. The van der Waals surface area contributed by atoms with E-state index in [9.17, 15) is 14.4 Å². The van der Waals surface area contributed by atoms with Crippen LogP contribution < -0.4 is 44.9 Å². The maximum Gasteiger partial charge on any atom is 0.271 e. The summed E-state index contributed by atoms with van der Waals surface area (Å²) >= 11 is 1.20.